The third-order valence-electron chi connectivity index (χ3n) is 8.02. The fourth-order valence-corrected chi connectivity index (χ4v) is 5.45. The number of hydrogen-bond acceptors (Lipinski definition) is 15. The van der Waals surface area contributed by atoms with Gasteiger partial charge in [0.1, 0.15) is 67.1 Å². The topological polar surface area (TPSA) is 246 Å². The van der Waals surface area contributed by atoms with Gasteiger partial charge in [0.05, 0.1) is 19.3 Å². The van der Waals surface area contributed by atoms with Gasteiger partial charge in [0.15, 0.2) is 18.9 Å². The second kappa shape index (κ2) is 17.5. The molecule has 0 aromatic heterocycles. The van der Waals surface area contributed by atoms with Crippen LogP contribution in [0.3, 0.4) is 0 Å². The minimum Gasteiger partial charge on any atom is -0.394 e. The molecule has 256 valence electrons. The Labute approximate surface area is 256 Å². The summed E-state index contributed by atoms with van der Waals surface area (Å²) >= 11 is 0. The third kappa shape index (κ3) is 9.13. The lowest BCUT2D eigenvalue weighted by atomic mass is 9.95. The van der Waals surface area contributed by atoms with Crippen molar-refractivity contribution in [2.75, 3.05) is 19.8 Å². The van der Waals surface area contributed by atoms with Gasteiger partial charge in [-0.2, -0.15) is 0 Å². The van der Waals surface area contributed by atoms with Gasteiger partial charge in [-0.15, -0.1) is 6.58 Å². The molecule has 0 aromatic rings. The molecule has 3 rings (SSSR count). The van der Waals surface area contributed by atoms with Gasteiger partial charge >= 0.3 is 0 Å². The molecule has 0 bridgehead atoms. The molecule has 16 nitrogen and oxygen atoms in total. The van der Waals surface area contributed by atoms with E-state index in [-0.39, 0.29) is 6.61 Å². The molecule has 3 aliphatic heterocycles. The van der Waals surface area contributed by atoms with Gasteiger partial charge < -0.3 is 74.6 Å². The molecule has 3 saturated heterocycles. The summed E-state index contributed by atoms with van der Waals surface area (Å²) in [7, 11) is 0. The van der Waals surface area contributed by atoms with E-state index < -0.39 is 111 Å². The number of nitrogens with one attached hydrogen (secondary N) is 1. The van der Waals surface area contributed by atoms with Crippen molar-refractivity contribution < 1.29 is 74.1 Å². The van der Waals surface area contributed by atoms with Crippen LogP contribution in [0.25, 0.3) is 0 Å². The lowest BCUT2D eigenvalue weighted by Crippen LogP contribution is -2.69. The summed E-state index contributed by atoms with van der Waals surface area (Å²) in [4.78, 5) is 12.2. The standard InChI is InChI=1S/C28H49NO15/c1-4-5-6-7-8-9-10-39-26-17(29-14(3)32)24(20(35)16(12-31)41-26)43-28-25(22(37)19(34)15(11-30)42-28)44-27-23(38)21(36)18(33)13(2)40-27/h4,13,15-28,30-31,33-38H,1,5-12H2,2-3H3,(H,29,32)/t13-,15+,16+,17+,18+,19-,20+,21+,22-,23-,24+,25+,26+,27-,28-/m0/s1. The number of rotatable bonds is 15. The summed E-state index contributed by atoms with van der Waals surface area (Å²) in [5.74, 6) is -0.527. The predicted molar refractivity (Wildman–Crippen MR) is 148 cm³/mol. The van der Waals surface area contributed by atoms with Crippen molar-refractivity contribution >= 4 is 5.91 Å². The lowest BCUT2D eigenvalue weighted by Gasteiger charge is -2.49. The minimum absolute atomic E-state index is 0.224. The van der Waals surface area contributed by atoms with Crippen LogP contribution in [0.4, 0.5) is 0 Å². The molecule has 3 fully saturated rings. The highest BCUT2D eigenvalue weighted by Crippen LogP contribution is 2.33. The normalized spacial score (nSPS) is 43.0. The number of ether oxygens (including phenoxy) is 6. The molecule has 0 unspecified atom stereocenters. The van der Waals surface area contributed by atoms with Gasteiger partial charge in [0.25, 0.3) is 0 Å². The van der Waals surface area contributed by atoms with Crippen molar-refractivity contribution in [3.63, 3.8) is 0 Å². The number of amides is 1. The highest BCUT2D eigenvalue weighted by molar-refractivity contribution is 5.73. The first-order valence-corrected chi connectivity index (χ1v) is 15.0. The van der Waals surface area contributed by atoms with Crippen LogP contribution < -0.4 is 5.32 Å². The second-order valence-corrected chi connectivity index (χ2v) is 11.4. The number of carbonyl (C=O) groups is 1. The van der Waals surface area contributed by atoms with Crippen LogP contribution in [0.5, 0.6) is 0 Å². The third-order valence-corrected chi connectivity index (χ3v) is 8.02. The van der Waals surface area contributed by atoms with E-state index in [2.05, 4.69) is 11.9 Å². The summed E-state index contributed by atoms with van der Waals surface area (Å²) in [5, 5.41) is 85.8. The van der Waals surface area contributed by atoms with E-state index in [0.717, 1.165) is 25.7 Å². The fourth-order valence-electron chi connectivity index (χ4n) is 5.45. The van der Waals surface area contributed by atoms with Gasteiger partial charge in [-0.1, -0.05) is 18.9 Å². The molecule has 0 spiro atoms. The molecular weight excluding hydrogens is 590 g/mol. The van der Waals surface area contributed by atoms with E-state index in [0.29, 0.717) is 6.42 Å². The Morgan fingerprint density at radius 1 is 0.750 bits per heavy atom. The molecule has 0 aromatic carbocycles. The van der Waals surface area contributed by atoms with Crippen molar-refractivity contribution in [1.29, 1.82) is 0 Å². The second-order valence-electron chi connectivity index (χ2n) is 11.4. The number of aliphatic hydroxyl groups excluding tert-OH is 8. The summed E-state index contributed by atoms with van der Waals surface area (Å²) in [6.07, 6.45) is -15.0. The minimum atomic E-state index is -1.81. The summed E-state index contributed by atoms with van der Waals surface area (Å²) in [6, 6.07) is -1.17. The number of carbonyl (C=O) groups excluding carboxylic acids is 1. The van der Waals surface area contributed by atoms with Gasteiger partial charge in [-0.3, -0.25) is 4.79 Å². The Kier molecular flexibility index (Phi) is 14.8. The summed E-state index contributed by atoms with van der Waals surface area (Å²) in [5.41, 5.74) is 0. The molecule has 0 saturated carbocycles. The Hall–Kier alpha value is -1.35. The van der Waals surface area contributed by atoms with Crippen molar-refractivity contribution in [1.82, 2.24) is 5.32 Å². The fraction of sp³-hybridized carbons (Fsp3) is 0.893. The average Bonchev–Trinajstić information content (AvgIpc) is 2.99. The van der Waals surface area contributed by atoms with E-state index in [1.165, 1.54) is 13.8 Å². The highest BCUT2D eigenvalue weighted by atomic mass is 16.8. The maximum Gasteiger partial charge on any atom is 0.217 e. The lowest BCUT2D eigenvalue weighted by molar-refractivity contribution is -0.381. The zero-order valence-corrected chi connectivity index (χ0v) is 25.0. The van der Waals surface area contributed by atoms with Crippen LogP contribution in [-0.2, 0) is 33.2 Å². The van der Waals surface area contributed by atoms with Crippen molar-refractivity contribution in [3.8, 4) is 0 Å². The van der Waals surface area contributed by atoms with Crippen LogP contribution in [0.15, 0.2) is 12.7 Å². The Morgan fingerprint density at radius 2 is 1.36 bits per heavy atom. The molecule has 1 amide bonds. The monoisotopic (exact) mass is 639 g/mol. The first-order chi connectivity index (χ1) is 20.9. The Bertz CT molecular complexity index is 884. The van der Waals surface area contributed by atoms with E-state index in [1.807, 2.05) is 6.08 Å². The highest BCUT2D eigenvalue weighted by Gasteiger charge is 2.54. The van der Waals surface area contributed by atoms with E-state index in [1.54, 1.807) is 0 Å². The zero-order chi connectivity index (χ0) is 32.6. The molecule has 0 aliphatic carbocycles. The van der Waals surface area contributed by atoms with Crippen molar-refractivity contribution in [2.45, 2.75) is 138 Å². The molecular formula is C28H49NO15. The summed E-state index contributed by atoms with van der Waals surface area (Å²) in [6.45, 7) is 5.17. The molecule has 3 heterocycles. The first kappa shape index (κ1) is 37.1. The Morgan fingerprint density at radius 3 is 2.00 bits per heavy atom. The molecule has 9 N–H and O–H groups in total. The molecule has 3 aliphatic rings. The maximum absolute atomic E-state index is 12.2. The van der Waals surface area contributed by atoms with Crippen molar-refractivity contribution in [3.05, 3.63) is 12.7 Å². The summed E-state index contributed by atoms with van der Waals surface area (Å²) < 4.78 is 34.7. The molecule has 0 radical (unpaired) electrons. The SMILES string of the molecule is C=CCCCCCCO[C@@H]1O[C@H](CO)[C@@H](O)[C@H](O[C@@H]2O[C@H](CO)[C@H](O)[C@H](O)[C@H]2O[C@@H]2O[C@@H](C)[C@@H](O)[C@@H](O)[C@@H]2O)[C@H]1NC(C)=O. The van der Waals surface area contributed by atoms with Crippen LogP contribution in [0.1, 0.15) is 46.0 Å². The van der Waals surface area contributed by atoms with Crippen LogP contribution >= 0.6 is 0 Å². The predicted octanol–water partition coefficient (Wildman–Crippen LogP) is -3.24. The van der Waals surface area contributed by atoms with E-state index in [9.17, 15) is 45.6 Å². The maximum atomic E-state index is 12.2. The molecule has 44 heavy (non-hydrogen) atoms. The van der Waals surface area contributed by atoms with E-state index in [4.69, 9.17) is 28.4 Å². The van der Waals surface area contributed by atoms with Gasteiger partial charge in [0.2, 0.25) is 5.91 Å². The average molecular weight is 640 g/mol. The molecule has 16 heteroatoms. The van der Waals surface area contributed by atoms with Crippen molar-refractivity contribution in [2.24, 2.45) is 0 Å². The number of hydrogen-bond donors (Lipinski definition) is 9. The smallest absolute Gasteiger partial charge is 0.217 e. The van der Waals surface area contributed by atoms with Crippen LogP contribution in [0.2, 0.25) is 0 Å². The first-order valence-electron chi connectivity index (χ1n) is 15.0. The Balaban J connectivity index is 1.84. The zero-order valence-electron chi connectivity index (χ0n) is 25.0. The number of allylic oxidation sites excluding steroid dienone is 1. The van der Waals surface area contributed by atoms with Gasteiger partial charge in [-0.05, 0) is 26.2 Å². The largest absolute Gasteiger partial charge is 0.394 e. The number of aliphatic hydroxyl groups is 8. The van der Waals surface area contributed by atoms with Crippen LogP contribution in [0, 0.1) is 0 Å². The number of unbranched alkanes of at least 4 members (excludes halogenated alkanes) is 4. The van der Waals surface area contributed by atoms with E-state index >= 15 is 0 Å². The molecule has 15 atom stereocenters. The van der Waals surface area contributed by atoms with Crippen LogP contribution in [-0.4, -0.2) is 159 Å². The van der Waals surface area contributed by atoms with Gasteiger partial charge in [-0.25, -0.2) is 0 Å². The quantitative estimate of drug-likeness (QED) is 0.0631. The van der Waals surface area contributed by atoms with Gasteiger partial charge in [0, 0.05) is 13.5 Å².